The molecule has 22 heavy (non-hydrogen) atoms. The molecule has 0 saturated carbocycles. The summed E-state index contributed by atoms with van der Waals surface area (Å²) in [7, 11) is 1.62. The Balaban J connectivity index is 2.23. The van der Waals surface area contributed by atoms with Gasteiger partial charge in [-0.15, -0.1) is 0 Å². The van der Waals surface area contributed by atoms with Crippen LogP contribution in [0.25, 0.3) is 10.8 Å². The molecule has 2 atom stereocenters. The highest BCUT2D eigenvalue weighted by Crippen LogP contribution is 2.25. The predicted molar refractivity (Wildman–Crippen MR) is 89.5 cm³/mol. The molecule has 0 aliphatic carbocycles. The quantitative estimate of drug-likeness (QED) is 0.882. The largest absolute Gasteiger partial charge is 0.497 e. The summed E-state index contributed by atoms with van der Waals surface area (Å²) in [4.78, 5) is 23.5. The lowest BCUT2D eigenvalue weighted by atomic mass is 9.97. The van der Waals surface area contributed by atoms with Gasteiger partial charge in [0, 0.05) is 0 Å². The number of hydrogen-bond donors (Lipinski definition) is 1. The number of amides is 2. The summed E-state index contributed by atoms with van der Waals surface area (Å²) in [5, 5.41) is 5.05. The Morgan fingerprint density at radius 1 is 1.05 bits per heavy atom. The van der Waals surface area contributed by atoms with Gasteiger partial charge in [-0.05, 0) is 42.3 Å². The fraction of sp³-hybridized carbons (Fsp3) is 0.294. The fourth-order valence-electron chi connectivity index (χ4n) is 2.08. The number of ether oxygens (including phenoxy) is 1. The third-order valence-corrected chi connectivity index (χ3v) is 3.74. The van der Waals surface area contributed by atoms with Crippen molar-refractivity contribution < 1.29 is 14.3 Å². The van der Waals surface area contributed by atoms with Gasteiger partial charge in [0.1, 0.15) is 5.75 Å². The molecule has 5 heteroatoms. The Labute approximate surface area is 135 Å². The van der Waals surface area contributed by atoms with Crippen molar-refractivity contribution in [3.05, 3.63) is 42.0 Å². The lowest BCUT2D eigenvalue weighted by Crippen LogP contribution is -2.31. The van der Waals surface area contributed by atoms with E-state index in [0.717, 1.165) is 22.1 Å². The minimum absolute atomic E-state index is 0.446. The molecule has 2 aromatic carbocycles. The first-order valence-corrected chi connectivity index (χ1v) is 7.49. The number of thiol groups is 1. The molecule has 4 nitrogen and oxygen atoms in total. The van der Waals surface area contributed by atoms with E-state index < -0.39 is 23.0 Å². The first-order chi connectivity index (χ1) is 10.4. The lowest BCUT2D eigenvalue weighted by molar-refractivity contribution is -0.131. The van der Waals surface area contributed by atoms with Crippen molar-refractivity contribution in [1.29, 1.82) is 0 Å². The number of fused-ring (bicyclic) bond motifs is 1. The van der Waals surface area contributed by atoms with Crippen molar-refractivity contribution in [2.75, 3.05) is 7.11 Å². The van der Waals surface area contributed by atoms with E-state index in [4.69, 9.17) is 4.74 Å². The molecule has 0 aliphatic heterocycles. The van der Waals surface area contributed by atoms with E-state index in [1.807, 2.05) is 36.4 Å². The minimum Gasteiger partial charge on any atom is -0.497 e. The summed E-state index contributed by atoms with van der Waals surface area (Å²) in [6.07, 6.45) is 0. The molecule has 2 rings (SSSR count). The van der Waals surface area contributed by atoms with Crippen LogP contribution in [0.15, 0.2) is 36.4 Å². The molecule has 0 fully saturated rings. The van der Waals surface area contributed by atoms with Crippen LogP contribution in [-0.2, 0) is 9.59 Å². The van der Waals surface area contributed by atoms with Crippen LogP contribution in [0.5, 0.6) is 5.75 Å². The van der Waals surface area contributed by atoms with Crippen molar-refractivity contribution in [2.45, 2.75) is 25.0 Å². The van der Waals surface area contributed by atoms with Gasteiger partial charge in [0.25, 0.3) is 11.8 Å². The van der Waals surface area contributed by atoms with E-state index in [1.165, 1.54) is 0 Å². The van der Waals surface area contributed by atoms with Crippen LogP contribution in [0.1, 0.15) is 25.3 Å². The van der Waals surface area contributed by atoms with Gasteiger partial charge >= 0.3 is 0 Å². The Bertz CT molecular complexity index is 712. The van der Waals surface area contributed by atoms with Crippen molar-refractivity contribution >= 4 is 35.2 Å². The number of rotatable bonds is 4. The zero-order valence-corrected chi connectivity index (χ0v) is 13.6. The monoisotopic (exact) mass is 316 g/mol. The standard InChI is InChI=1S/C17H18NO3S/c1-10(16(19)18-17(20)11(2)22)12-4-5-14-9-15(21-3)7-6-13(14)8-12/h4-11,22H,1-3H3/t10-,11?/m0/s1. The minimum atomic E-state index is -0.569. The van der Waals surface area contributed by atoms with Gasteiger partial charge in [-0.25, -0.2) is 0 Å². The molecule has 2 aromatic rings. The molecule has 2 amide bonds. The summed E-state index contributed by atoms with van der Waals surface area (Å²) >= 11 is 3.98. The molecule has 0 spiro atoms. The first-order valence-electron chi connectivity index (χ1n) is 6.97. The maximum absolute atomic E-state index is 12.1. The van der Waals surface area contributed by atoms with Gasteiger partial charge in [-0.1, -0.05) is 24.3 Å². The van der Waals surface area contributed by atoms with E-state index >= 15 is 0 Å². The van der Waals surface area contributed by atoms with Crippen molar-refractivity contribution in [1.82, 2.24) is 5.32 Å². The van der Waals surface area contributed by atoms with Crippen LogP contribution >= 0.6 is 12.6 Å². The van der Waals surface area contributed by atoms with Crippen molar-refractivity contribution in [3.8, 4) is 5.75 Å². The molecule has 0 N–H and O–H groups in total. The highest BCUT2D eigenvalue weighted by molar-refractivity contribution is 7.81. The first kappa shape index (κ1) is 16.4. The Kier molecular flexibility index (Phi) is 5.08. The van der Waals surface area contributed by atoms with E-state index in [1.54, 1.807) is 21.0 Å². The van der Waals surface area contributed by atoms with Crippen LogP contribution < -0.4 is 10.1 Å². The summed E-state index contributed by atoms with van der Waals surface area (Å²) < 4.78 is 5.19. The Morgan fingerprint density at radius 2 is 1.68 bits per heavy atom. The molecule has 0 aromatic heterocycles. The molecule has 0 aliphatic rings. The Hall–Kier alpha value is -2.01. The Morgan fingerprint density at radius 3 is 2.32 bits per heavy atom. The van der Waals surface area contributed by atoms with Crippen LogP contribution in [-0.4, -0.2) is 24.2 Å². The highest BCUT2D eigenvalue weighted by Gasteiger charge is 2.21. The molecule has 115 valence electrons. The molecule has 1 radical (unpaired) electrons. The van der Waals surface area contributed by atoms with Crippen LogP contribution in [0.2, 0.25) is 0 Å². The van der Waals surface area contributed by atoms with E-state index in [2.05, 4.69) is 17.9 Å². The number of methoxy groups -OCH3 is 1. The van der Waals surface area contributed by atoms with Gasteiger partial charge < -0.3 is 4.74 Å². The van der Waals surface area contributed by atoms with Crippen LogP contribution in [0.3, 0.4) is 0 Å². The maximum Gasteiger partial charge on any atom is 0.261 e. The summed E-state index contributed by atoms with van der Waals surface area (Å²) in [6, 6.07) is 11.5. The topological polar surface area (TPSA) is 57.5 Å². The second-order valence-electron chi connectivity index (χ2n) is 5.16. The number of carbonyl (C=O) groups is 2. The predicted octanol–water partition coefficient (Wildman–Crippen LogP) is 2.93. The van der Waals surface area contributed by atoms with Crippen LogP contribution in [0.4, 0.5) is 0 Å². The number of hydrogen-bond acceptors (Lipinski definition) is 4. The second kappa shape index (κ2) is 6.83. The number of carbonyl (C=O) groups excluding carboxylic acids is 2. The van der Waals surface area contributed by atoms with Gasteiger partial charge in [0.2, 0.25) is 0 Å². The van der Waals surface area contributed by atoms with E-state index in [-0.39, 0.29) is 0 Å². The molecule has 0 bridgehead atoms. The average Bonchev–Trinajstić information content (AvgIpc) is 2.52. The number of benzene rings is 2. The van der Waals surface area contributed by atoms with Crippen molar-refractivity contribution in [2.24, 2.45) is 0 Å². The highest BCUT2D eigenvalue weighted by atomic mass is 32.1. The molecule has 1 unspecified atom stereocenters. The lowest BCUT2D eigenvalue weighted by Gasteiger charge is -2.12. The van der Waals surface area contributed by atoms with Crippen molar-refractivity contribution in [3.63, 3.8) is 0 Å². The molecule has 0 saturated heterocycles. The van der Waals surface area contributed by atoms with E-state index in [0.29, 0.717) is 0 Å². The summed E-state index contributed by atoms with van der Waals surface area (Å²) in [6.45, 7) is 3.34. The van der Waals surface area contributed by atoms with E-state index in [9.17, 15) is 9.59 Å². The van der Waals surface area contributed by atoms with Gasteiger partial charge in [-0.3, -0.25) is 9.59 Å². The second-order valence-corrected chi connectivity index (χ2v) is 5.93. The number of imide groups is 1. The molecular formula is C17H18NO3S. The zero-order valence-electron chi connectivity index (χ0n) is 12.7. The molecular weight excluding hydrogens is 298 g/mol. The smallest absolute Gasteiger partial charge is 0.261 e. The van der Waals surface area contributed by atoms with Gasteiger partial charge in [0.15, 0.2) is 0 Å². The summed E-state index contributed by atoms with van der Waals surface area (Å²) in [5.74, 6) is -0.639. The zero-order chi connectivity index (χ0) is 16.3. The third kappa shape index (κ3) is 3.60. The SMILES string of the molecule is COc1ccc2cc([C@H](C)C(=O)[N]C(=O)C(C)S)ccc2c1. The normalized spacial score (nSPS) is 13.5. The van der Waals surface area contributed by atoms with Crippen LogP contribution in [0, 0.1) is 0 Å². The van der Waals surface area contributed by atoms with Gasteiger partial charge in [0.05, 0.1) is 18.3 Å². The third-order valence-electron chi connectivity index (χ3n) is 3.52. The fourth-order valence-corrected chi connectivity index (χ4v) is 2.14. The maximum atomic E-state index is 12.1. The summed E-state index contributed by atoms with van der Waals surface area (Å²) in [5.41, 5.74) is 0.825. The number of nitrogens with zero attached hydrogens (tertiary/aromatic N) is 1. The molecule has 0 heterocycles. The van der Waals surface area contributed by atoms with Gasteiger partial charge in [-0.2, -0.15) is 17.9 Å². The average molecular weight is 316 g/mol.